The maximum atomic E-state index is 12.3. The van der Waals surface area contributed by atoms with Gasteiger partial charge in [-0.15, -0.1) is 0 Å². The van der Waals surface area contributed by atoms with Crippen molar-refractivity contribution in [1.29, 1.82) is 0 Å². The lowest BCUT2D eigenvalue weighted by atomic mass is 10.1. The number of hydrogen-bond acceptors (Lipinski definition) is 3. The van der Waals surface area contributed by atoms with Gasteiger partial charge in [0, 0.05) is 6.04 Å². The first-order valence-electron chi connectivity index (χ1n) is 6.39. The van der Waals surface area contributed by atoms with Gasteiger partial charge in [-0.05, 0) is 36.2 Å². The summed E-state index contributed by atoms with van der Waals surface area (Å²) in [6.07, 6.45) is 0.654. The zero-order valence-electron chi connectivity index (χ0n) is 11.2. The number of sulfonamides is 1. The van der Waals surface area contributed by atoms with E-state index in [0.29, 0.717) is 6.42 Å². The van der Waals surface area contributed by atoms with Gasteiger partial charge in [0.2, 0.25) is 10.0 Å². The highest BCUT2D eigenvalue weighted by molar-refractivity contribution is 7.89. The molecule has 106 valence electrons. The smallest absolute Gasteiger partial charge is 0.241 e. The minimum Gasteiger partial charge on any atom is -0.508 e. The molecule has 0 aliphatic heterocycles. The van der Waals surface area contributed by atoms with Crippen LogP contribution in [0.25, 0.3) is 0 Å². The van der Waals surface area contributed by atoms with Crippen LogP contribution < -0.4 is 4.72 Å². The van der Waals surface area contributed by atoms with Crippen molar-refractivity contribution >= 4 is 10.0 Å². The van der Waals surface area contributed by atoms with Crippen molar-refractivity contribution in [1.82, 2.24) is 4.72 Å². The summed E-state index contributed by atoms with van der Waals surface area (Å²) >= 11 is 0. The number of hydrogen-bond donors (Lipinski definition) is 2. The van der Waals surface area contributed by atoms with Gasteiger partial charge in [-0.2, -0.15) is 0 Å². The zero-order valence-corrected chi connectivity index (χ0v) is 12.0. The van der Waals surface area contributed by atoms with Gasteiger partial charge in [0.1, 0.15) is 5.75 Å². The fourth-order valence-electron chi connectivity index (χ4n) is 1.95. The Bertz CT molecular complexity index is 651. The van der Waals surface area contributed by atoms with E-state index in [2.05, 4.69) is 4.72 Å². The van der Waals surface area contributed by atoms with E-state index >= 15 is 0 Å². The van der Waals surface area contributed by atoms with Crippen LogP contribution in [-0.2, 0) is 10.0 Å². The van der Waals surface area contributed by atoms with Crippen molar-refractivity contribution < 1.29 is 13.5 Å². The van der Waals surface area contributed by atoms with E-state index in [4.69, 9.17) is 0 Å². The second kappa shape index (κ2) is 6.07. The lowest BCUT2D eigenvalue weighted by Crippen LogP contribution is -2.28. The number of rotatable bonds is 5. The second-order valence-corrected chi connectivity index (χ2v) is 6.20. The molecule has 0 bridgehead atoms. The second-order valence-electron chi connectivity index (χ2n) is 4.49. The molecule has 4 nitrogen and oxygen atoms in total. The molecule has 2 aromatic rings. The quantitative estimate of drug-likeness (QED) is 0.890. The first-order chi connectivity index (χ1) is 9.53. The van der Waals surface area contributed by atoms with Crippen LogP contribution in [0, 0.1) is 0 Å². The van der Waals surface area contributed by atoms with Gasteiger partial charge < -0.3 is 5.11 Å². The third-order valence-corrected chi connectivity index (χ3v) is 4.54. The SMILES string of the molecule is CCC(NS(=O)(=O)c1ccc(O)cc1)c1ccccc1. The van der Waals surface area contributed by atoms with Crippen LogP contribution in [0.4, 0.5) is 0 Å². The topological polar surface area (TPSA) is 66.4 Å². The van der Waals surface area contributed by atoms with E-state index in [-0.39, 0.29) is 16.7 Å². The van der Waals surface area contributed by atoms with Gasteiger partial charge in [0.15, 0.2) is 0 Å². The van der Waals surface area contributed by atoms with Gasteiger partial charge in [0.05, 0.1) is 4.90 Å². The van der Waals surface area contributed by atoms with Crippen molar-refractivity contribution in [2.45, 2.75) is 24.3 Å². The molecule has 0 aliphatic rings. The van der Waals surface area contributed by atoms with E-state index in [1.165, 1.54) is 24.3 Å². The summed E-state index contributed by atoms with van der Waals surface area (Å²) in [5, 5.41) is 9.21. The van der Waals surface area contributed by atoms with Crippen LogP contribution in [0.2, 0.25) is 0 Å². The van der Waals surface area contributed by atoms with E-state index in [0.717, 1.165) is 5.56 Å². The van der Waals surface area contributed by atoms with Gasteiger partial charge in [-0.1, -0.05) is 37.3 Å². The molecule has 2 aromatic carbocycles. The molecule has 1 unspecified atom stereocenters. The molecular formula is C15H17NO3S. The van der Waals surface area contributed by atoms with E-state index < -0.39 is 10.0 Å². The average Bonchev–Trinajstić information content (AvgIpc) is 2.46. The fourth-order valence-corrected chi connectivity index (χ4v) is 3.26. The molecule has 0 amide bonds. The molecule has 0 aliphatic carbocycles. The molecule has 0 aromatic heterocycles. The summed E-state index contributed by atoms with van der Waals surface area (Å²) in [5.41, 5.74) is 0.928. The molecule has 0 heterocycles. The molecule has 0 radical (unpaired) electrons. The highest BCUT2D eigenvalue weighted by Crippen LogP contribution is 2.21. The Morgan fingerprint density at radius 2 is 1.65 bits per heavy atom. The molecule has 0 saturated carbocycles. The summed E-state index contributed by atoms with van der Waals surface area (Å²) in [4.78, 5) is 0.143. The van der Waals surface area contributed by atoms with E-state index in [1.54, 1.807) is 0 Å². The fraction of sp³-hybridized carbons (Fsp3) is 0.200. The Balaban J connectivity index is 2.24. The molecule has 20 heavy (non-hydrogen) atoms. The number of nitrogens with one attached hydrogen (secondary N) is 1. The highest BCUT2D eigenvalue weighted by Gasteiger charge is 2.19. The van der Waals surface area contributed by atoms with Crippen molar-refractivity contribution in [3.63, 3.8) is 0 Å². The highest BCUT2D eigenvalue weighted by atomic mass is 32.2. The lowest BCUT2D eigenvalue weighted by Gasteiger charge is -2.17. The Labute approximate surface area is 119 Å². The van der Waals surface area contributed by atoms with Gasteiger partial charge in [0.25, 0.3) is 0 Å². The van der Waals surface area contributed by atoms with Gasteiger partial charge in [-0.25, -0.2) is 13.1 Å². The number of phenols is 1. The Kier molecular flexibility index (Phi) is 4.42. The van der Waals surface area contributed by atoms with Gasteiger partial charge >= 0.3 is 0 Å². The monoisotopic (exact) mass is 291 g/mol. The minimum absolute atomic E-state index is 0.0408. The third kappa shape index (κ3) is 3.37. The Morgan fingerprint density at radius 1 is 1.05 bits per heavy atom. The number of aromatic hydroxyl groups is 1. The molecule has 5 heteroatoms. The van der Waals surface area contributed by atoms with E-state index in [1.807, 2.05) is 37.3 Å². The summed E-state index contributed by atoms with van der Waals surface area (Å²) in [6.45, 7) is 1.93. The standard InChI is InChI=1S/C15H17NO3S/c1-2-15(12-6-4-3-5-7-12)16-20(18,19)14-10-8-13(17)9-11-14/h3-11,15-17H,2H2,1H3. The number of phenolic OH excluding ortho intramolecular Hbond substituents is 1. The average molecular weight is 291 g/mol. The molecule has 0 spiro atoms. The van der Waals surface area contributed by atoms with Crippen LogP contribution in [0.15, 0.2) is 59.5 Å². The maximum absolute atomic E-state index is 12.3. The van der Waals surface area contributed by atoms with Crippen LogP contribution in [0.3, 0.4) is 0 Å². The maximum Gasteiger partial charge on any atom is 0.241 e. The van der Waals surface area contributed by atoms with Crippen molar-refractivity contribution in [3.05, 3.63) is 60.2 Å². The van der Waals surface area contributed by atoms with Crippen LogP contribution in [0.5, 0.6) is 5.75 Å². The Morgan fingerprint density at radius 3 is 2.20 bits per heavy atom. The first-order valence-corrected chi connectivity index (χ1v) is 7.87. The molecule has 2 rings (SSSR count). The van der Waals surface area contributed by atoms with E-state index in [9.17, 15) is 13.5 Å². The Hall–Kier alpha value is -1.85. The van der Waals surface area contributed by atoms with Gasteiger partial charge in [-0.3, -0.25) is 0 Å². The largest absolute Gasteiger partial charge is 0.508 e. The van der Waals surface area contributed by atoms with Crippen LogP contribution >= 0.6 is 0 Å². The van der Waals surface area contributed by atoms with Crippen molar-refractivity contribution in [3.8, 4) is 5.75 Å². The molecular weight excluding hydrogens is 274 g/mol. The zero-order chi connectivity index (χ0) is 14.6. The van der Waals surface area contributed by atoms with Crippen LogP contribution in [-0.4, -0.2) is 13.5 Å². The molecule has 1 atom stereocenters. The summed E-state index contributed by atoms with van der Waals surface area (Å²) in [6, 6.07) is 14.7. The predicted molar refractivity (Wildman–Crippen MR) is 77.9 cm³/mol. The minimum atomic E-state index is -3.60. The number of benzene rings is 2. The summed E-state index contributed by atoms with van der Waals surface area (Å²) in [7, 11) is -3.60. The third-order valence-electron chi connectivity index (χ3n) is 3.05. The van der Waals surface area contributed by atoms with Crippen LogP contribution in [0.1, 0.15) is 24.9 Å². The van der Waals surface area contributed by atoms with Crippen molar-refractivity contribution in [2.75, 3.05) is 0 Å². The van der Waals surface area contributed by atoms with Crippen molar-refractivity contribution in [2.24, 2.45) is 0 Å². The molecule has 2 N–H and O–H groups in total. The lowest BCUT2D eigenvalue weighted by molar-refractivity contribution is 0.474. The summed E-state index contributed by atoms with van der Waals surface area (Å²) < 4.78 is 27.3. The predicted octanol–water partition coefficient (Wildman–Crippen LogP) is 2.82. The summed E-state index contributed by atoms with van der Waals surface area (Å²) in [5.74, 6) is 0.0408. The first kappa shape index (κ1) is 14.6. The normalized spacial score (nSPS) is 13.1. The molecule has 0 fully saturated rings. The molecule has 0 saturated heterocycles.